The molecule has 0 atom stereocenters. The number of thiazole rings is 1. The summed E-state index contributed by atoms with van der Waals surface area (Å²) in [6.07, 6.45) is 5.05. The zero-order valence-electron chi connectivity index (χ0n) is 11.9. The van der Waals surface area contributed by atoms with E-state index in [1.54, 1.807) is 11.3 Å². The van der Waals surface area contributed by atoms with Crippen molar-refractivity contribution in [1.82, 2.24) is 4.98 Å². The molecule has 1 saturated carbocycles. The third kappa shape index (κ3) is 2.82. The Bertz CT molecular complexity index is 436. The maximum absolute atomic E-state index is 12.4. The van der Waals surface area contributed by atoms with Gasteiger partial charge in [-0.05, 0) is 12.8 Å². The summed E-state index contributed by atoms with van der Waals surface area (Å²) in [5, 5.41) is 3.08. The van der Waals surface area contributed by atoms with Gasteiger partial charge in [0.2, 0.25) is 0 Å². The van der Waals surface area contributed by atoms with Gasteiger partial charge in [0.1, 0.15) is 10.8 Å². The average Bonchev–Trinajstić information content (AvgIpc) is 2.86. The molecular formula is C15H23NOS. The molecule has 0 spiro atoms. The topological polar surface area (TPSA) is 30.0 Å². The number of nitrogens with zero attached hydrogens (tertiary/aromatic N) is 1. The van der Waals surface area contributed by atoms with Crippen molar-refractivity contribution in [3.8, 4) is 0 Å². The lowest BCUT2D eigenvalue weighted by Crippen LogP contribution is -2.26. The molecule has 1 aromatic heterocycles. The van der Waals surface area contributed by atoms with Gasteiger partial charge >= 0.3 is 0 Å². The van der Waals surface area contributed by atoms with Gasteiger partial charge in [-0.2, -0.15) is 0 Å². The van der Waals surface area contributed by atoms with Crippen LogP contribution in [0, 0.1) is 5.41 Å². The summed E-state index contributed by atoms with van der Waals surface area (Å²) < 4.78 is 0. The van der Waals surface area contributed by atoms with Crippen molar-refractivity contribution >= 4 is 17.1 Å². The van der Waals surface area contributed by atoms with Crippen molar-refractivity contribution in [2.24, 2.45) is 5.41 Å². The molecule has 1 fully saturated rings. The molecule has 0 N–H and O–H groups in total. The Labute approximate surface area is 114 Å². The van der Waals surface area contributed by atoms with E-state index >= 15 is 0 Å². The average molecular weight is 265 g/mol. The first-order valence-electron chi connectivity index (χ1n) is 6.79. The number of hydrogen-bond donors (Lipinski definition) is 0. The van der Waals surface area contributed by atoms with E-state index in [0.29, 0.717) is 12.2 Å². The fraction of sp³-hybridized carbons (Fsp3) is 0.733. The molecule has 0 radical (unpaired) electrons. The molecule has 0 aliphatic heterocycles. The number of hydrogen-bond acceptors (Lipinski definition) is 3. The van der Waals surface area contributed by atoms with Gasteiger partial charge in [-0.1, -0.05) is 40.5 Å². The molecule has 18 heavy (non-hydrogen) atoms. The van der Waals surface area contributed by atoms with Gasteiger partial charge in [-0.3, -0.25) is 4.79 Å². The van der Waals surface area contributed by atoms with Crippen molar-refractivity contribution in [2.75, 3.05) is 0 Å². The molecule has 2 nitrogen and oxygen atoms in total. The van der Waals surface area contributed by atoms with Crippen LogP contribution in [-0.2, 0) is 16.6 Å². The predicted molar refractivity (Wildman–Crippen MR) is 76.1 cm³/mol. The lowest BCUT2D eigenvalue weighted by Gasteiger charge is -2.20. The largest absolute Gasteiger partial charge is 0.299 e. The van der Waals surface area contributed by atoms with Crippen LogP contribution in [0.2, 0.25) is 0 Å². The van der Waals surface area contributed by atoms with E-state index in [4.69, 9.17) is 0 Å². The summed E-state index contributed by atoms with van der Waals surface area (Å²) in [5.74, 6) is 0.384. The highest BCUT2D eigenvalue weighted by Gasteiger charge is 2.36. The number of ketones is 1. The minimum Gasteiger partial charge on any atom is -0.299 e. The fourth-order valence-electron chi connectivity index (χ4n) is 2.52. The monoisotopic (exact) mass is 265 g/mol. The minimum absolute atomic E-state index is 0.0758. The summed E-state index contributed by atoms with van der Waals surface area (Å²) in [6.45, 7) is 8.60. The van der Waals surface area contributed by atoms with Crippen molar-refractivity contribution in [2.45, 2.75) is 65.2 Å². The van der Waals surface area contributed by atoms with Gasteiger partial charge in [0.05, 0.1) is 12.1 Å². The van der Waals surface area contributed by atoms with Crippen LogP contribution < -0.4 is 0 Å². The first kappa shape index (κ1) is 13.7. The second kappa shape index (κ2) is 4.76. The molecule has 1 aromatic rings. The van der Waals surface area contributed by atoms with Gasteiger partial charge < -0.3 is 0 Å². The molecule has 0 unspecified atom stereocenters. The molecule has 3 heteroatoms. The maximum Gasteiger partial charge on any atom is 0.145 e. The maximum atomic E-state index is 12.4. The molecule has 2 rings (SSSR count). The SMILES string of the molecule is CC1(C(=O)Cc2nc(C(C)(C)C)cs2)CCCC1. The molecule has 1 aliphatic carbocycles. The Morgan fingerprint density at radius 1 is 1.39 bits per heavy atom. The van der Waals surface area contributed by atoms with Gasteiger partial charge in [0.15, 0.2) is 0 Å². The van der Waals surface area contributed by atoms with Crippen LogP contribution in [0.15, 0.2) is 5.38 Å². The first-order chi connectivity index (χ1) is 8.31. The normalized spacial score (nSPS) is 19.1. The van der Waals surface area contributed by atoms with Crippen LogP contribution in [0.4, 0.5) is 0 Å². The van der Waals surface area contributed by atoms with E-state index in [9.17, 15) is 4.79 Å². The smallest absolute Gasteiger partial charge is 0.145 e. The lowest BCUT2D eigenvalue weighted by molar-refractivity contribution is -0.126. The van der Waals surface area contributed by atoms with Crippen molar-refractivity contribution in [1.29, 1.82) is 0 Å². The van der Waals surface area contributed by atoms with E-state index < -0.39 is 0 Å². The van der Waals surface area contributed by atoms with E-state index in [-0.39, 0.29) is 10.8 Å². The van der Waals surface area contributed by atoms with Gasteiger partial charge in [0.25, 0.3) is 0 Å². The van der Waals surface area contributed by atoms with Crippen molar-refractivity contribution in [3.63, 3.8) is 0 Å². The van der Waals surface area contributed by atoms with Crippen LogP contribution in [0.5, 0.6) is 0 Å². The highest BCUT2D eigenvalue weighted by molar-refractivity contribution is 7.09. The van der Waals surface area contributed by atoms with Crippen LogP contribution in [0.1, 0.15) is 64.1 Å². The Morgan fingerprint density at radius 2 is 2.00 bits per heavy atom. The molecule has 0 aromatic carbocycles. The van der Waals surface area contributed by atoms with Gasteiger partial charge in [0, 0.05) is 16.2 Å². The molecule has 100 valence electrons. The number of aromatic nitrogens is 1. The number of rotatable bonds is 3. The molecule has 0 saturated heterocycles. The summed E-state index contributed by atoms with van der Waals surface area (Å²) in [4.78, 5) is 17.0. The molecule has 0 amide bonds. The summed E-state index contributed by atoms with van der Waals surface area (Å²) in [7, 11) is 0. The number of Topliss-reactive ketones (excluding diaryl/α,β-unsaturated/α-hetero) is 1. The van der Waals surface area contributed by atoms with Crippen LogP contribution in [0.25, 0.3) is 0 Å². The molecule has 1 heterocycles. The van der Waals surface area contributed by atoms with E-state index in [0.717, 1.165) is 23.5 Å². The van der Waals surface area contributed by atoms with Crippen LogP contribution >= 0.6 is 11.3 Å². The zero-order chi connectivity index (χ0) is 13.4. The molecule has 0 bridgehead atoms. The van der Waals surface area contributed by atoms with Crippen molar-refractivity contribution < 1.29 is 4.79 Å². The Morgan fingerprint density at radius 3 is 2.50 bits per heavy atom. The highest BCUT2D eigenvalue weighted by atomic mass is 32.1. The quantitative estimate of drug-likeness (QED) is 0.822. The minimum atomic E-state index is -0.0758. The van der Waals surface area contributed by atoms with Gasteiger partial charge in [-0.15, -0.1) is 11.3 Å². The third-order valence-electron chi connectivity index (χ3n) is 4.01. The fourth-order valence-corrected chi connectivity index (χ4v) is 3.54. The Kier molecular flexibility index (Phi) is 3.63. The summed E-state index contributed by atoms with van der Waals surface area (Å²) >= 11 is 1.63. The predicted octanol–water partition coefficient (Wildman–Crippen LogP) is 4.13. The summed E-state index contributed by atoms with van der Waals surface area (Å²) in [5.41, 5.74) is 1.11. The first-order valence-corrected chi connectivity index (χ1v) is 7.67. The Balaban J connectivity index is 2.06. The second-order valence-corrected chi connectivity index (χ2v) is 7.69. The lowest BCUT2D eigenvalue weighted by atomic mass is 9.83. The zero-order valence-corrected chi connectivity index (χ0v) is 12.7. The van der Waals surface area contributed by atoms with Crippen molar-refractivity contribution in [3.05, 3.63) is 16.1 Å². The van der Waals surface area contributed by atoms with E-state index in [1.807, 2.05) is 0 Å². The number of carbonyl (C=O) groups is 1. The summed E-state index contributed by atoms with van der Waals surface area (Å²) in [6, 6.07) is 0. The van der Waals surface area contributed by atoms with Gasteiger partial charge in [-0.25, -0.2) is 4.98 Å². The second-order valence-electron chi connectivity index (χ2n) is 6.74. The molecule has 1 aliphatic rings. The van der Waals surface area contributed by atoms with E-state index in [1.165, 1.54) is 12.8 Å². The van der Waals surface area contributed by atoms with Crippen LogP contribution in [-0.4, -0.2) is 10.8 Å². The highest BCUT2D eigenvalue weighted by Crippen LogP contribution is 2.39. The third-order valence-corrected chi connectivity index (χ3v) is 4.86. The van der Waals surface area contributed by atoms with E-state index in [2.05, 4.69) is 38.1 Å². The molecular weight excluding hydrogens is 242 g/mol. The number of carbonyl (C=O) groups excluding carboxylic acids is 1. The Hall–Kier alpha value is -0.700. The van der Waals surface area contributed by atoms with Crippen LogP contribution in [0.3, 0.4) is 0 Å². The standard InChI is InChI=1S/C15H23NOS/c1-14(2,3)11-10-18-13(16-11)9-12(17)15(4)7-5-6-8-15/h10H,5-9H2,1-4H3.